The summed E-state index contributed by atoms with van der Waals surface area (Å²) in [6.07, 6.45) is 7.53. The average molecular weight is 313 g/mol. The fourth-order valence-electron chi connectivity index (χ4n) is 2.78. The smallest absolute Gasteiger partial charge is 0.0538 e. The standard InChI is InChI=1S/C15H27N3O2S/c1-3-18-12-14(11-16-18)15-13-21(19)10-8-17(15)7-5-4-6-9-20-2/h11-12,15H,3-10,13H2,1-2H3/t15-,21-/m0/s1. The summed E-state index contributed by atoms with van der Waals surface area (Å²) in [5, 5.41) is 4.36. The molecule has 2 heterocycles. The van der Waals surface area contributed by atoms with Crippen LogP contribution in [0.25, 0.3) is 0 Å². The van der Waals surface area contributed by atoms with E-state index >= 15 is 0 Å². The summed E-state index contributed by atoms with van der Waals surface area (Å²) >= 11 is 0. The number of aryl methyl sites for hydroxylation is 1. The van der Waals surface area contributed by atoms with Crippen molar-refractivity contribution in [3.05, 3.63) is 18.0 Å². The Balaban J connectivity index is 1.91. The maximum Gasteiger partial charge on any atom is 0.0538 e. The van der Waals surface area contributed by atoms with E-state index in [2.05, 4.69) is 23.1 Å². The highest BCUT2D eigenvalue weighted by atomic mass is 32.2. The van der Waals surface area contributed by atoms with Crippen LogP contribution in [0.1, 0.15) is 37.8 Å². The first-order chi connectivity index (χ1) is 10.2. The summed E-state index contributed by atoms with van der Waals surface area (Å²) in [4.78, 5) is 2.48. The third-order valence-corrected chi connectivity index (χ3v) is 5.37. The molecule has 0 unspecified atom stereocenters. The molecule has 0 radical (unpaired) electrons. The predicted molar refractivity (Wildman–Crippen MR) is 85.8 cm³/mol. The molecule has 2 atom stereocenters. The molecule has 120 valence electrons. The molecule has 1 aromatic rings. The van der Waals surface area contributed by atoms with Crippen molar-refractivity contribution in [3.63, 3.8) is 0 Å². The molecule has 0 spiro atoms. The molecule has 1 aromatic heterocycles. The number of hydrogen-bond donors (Lipinski definition) is 0. The molecule has 1 saturated heterocycles. The van der Waals surface area contributed by atoms with Crippen LogP contribution in [0.3, 0.4) is 0 Å². The topological polar surface area (TPSA) is 47.4 Å². The molecule has 0 amide bonds. The van der Waals surface area contributed by atoms with Crippen molar-refractivity contribution in [3.8, 4) is 0 Å². The number of rotatable bonds is 8. The molecule has 2 rings (SSSR count). The largest absolute Gasteiger partial charge is 0.385 e. The molecule has 6 heteroatoms. The van der Waals surface area contributed by atoms with Gasteiger partial charge in [0.15, 0.2) is 0 Å². The molecule has 0 aromatic carbocycles. The van der Waals surface area contributed by atoms with E-state index in [0.29, 0.717) is 0 Å². The number of unbranched alkanes of at least 4 members (excludes halogenated alkanes) is 2. The number of ether oxygens (including phenoxy) is 1. The molecule has 0 bridgehead atoms. The number of aromatic nitrogens is 2. The molecule has 0 saturated carbocycles. The highest BCUT2D eigenvalue weighted by Gasteiger charge is 2.28. The van der Waals surface area contributed by atoms with Crippen LogP contribution in [0.2, 0.25) is 0 Å². The molecule has 5 nitrogen and oxygen atoms in total. The maximum atomic E-state index is 11.9. The van der Waals surface area contributed by atoms with Crippen LogP contribution in [0.15, 0.2) is 12.4 Å². The lowest BCUT2D eigenvalue weighted by atomic mass is 10.1. The summed E-state index contributed by atoms with van der Waals surface area (Å²) in [5.74, 6) is 1.55. The van der Waals surface area contributed by atoms with E-state index in [-0.39, 0.29) is 6.04 Å². The van der Waals surface area contributed by atoms with E-state index in [0.717, 1.165) is 44.2 Å². The lowest BCUT2D eigenvalue weighted by Gasteiger charge is -2.34. The molecule has 0 N–H and O–H groups in total. The molecule has 1 fully saturated rings. The van der Waals surface area contributed by atoms with Crippen LogP contribution in [0.5, 0.6) is 0 Å². The van der Waals surface area contributed by atoms with Crippen molar-refractivity contribution in [1.82, 2.24) is 14.7 Å². The molecule has 1 aliphatic heterocycles. The predicted octanol–water partition coefficient (Wildman–Crippen LogP) is 1.83. The van der Waals surface area contributed by atoms with Gasteiger partial charge in [-0.2, -0.15) is 5.10 Å². The minimum absolute atomic E-state index is 0.266. The van der Waals surface area contributed by atoms with E-state index in [1.165, 1.54) is 18.4 Å². The summed E-state index contributed by atoms with van der Waals surface area (Å²) in [7, 11) is 1.06. The fourth-order valence-corrected chi connectivity index (χ4v) is 4.14. The highest BCUT2D eigenvalue weighted by Crippen LogP contribution is 2.25. The zero-order valence-electron chi connectivity index (χ0n) is 13.2. The second-order valence-corrected chi connectivity index (χ2v) is 7.17. The van der Waals surface area contributed by atoms with Gasteiger partial charge in [0, 0.05) is 66.9 Å². The van der Waals surface area contributed by atoms with E-state index in [4.69, 9.17) is 4.74 Å². The van der Waals surface area contributed by atoms with Gasteiger partial charge < -0.3 is 4.74 Å². The first kappa shape index (κ1) is 16.6. The van der Waals surface area contributed by atoms with E-state index in [1.807, 2.05) is 10.9 Å². The summed E-state index contributed by atoms with van der Waals surface area (Å²) in [6, 6.07) is 0.266. The molecule has 1 aliphatic rings. The van der Waals surface area contributed by atoms with Crippen LogP contribution in [0, 0.1) is 0 Å². The summed E-state index contributed by atoms with van der Waals surface area (Å²) < 4.78 is 19.0. The second kappa shape index (κ2) is 8.66. The van der Waals surface area contributed by atoms with Gasteiger partial charge >= 0.3 is 0 Å². The minimum atomic E-state index is -0.693. The SMILES string of the molecule is CCn1cc([C@@H]2C[S@@](=O)CCN2CCCCCOC)cn1. The Labute approximate surface area is 130 Å². The molecular weight excluding hydrogens is 286 g/mol. The van der Waals surface area contributed by atoms with Crippen molar-refractivity contribution in [2.24, 2.45) is 0 Å². The zero-order chi connectivity index (χ0) is 15.1. The fraction of sp³-hybridized carbons (Fsp3) is 0.800. The van der Waals surface area contributed by atoms with Gasteiger partial charge in [-0.05, 0) is 32.7 Å². The summed E-state index contributed by atoms with van der Waals surface area (Å²) in [6.45, 7) is 5.81. The summed E-state index contributed by atoms with van der Waals surface area (Å²) in [5.41, 5.74) is 1.21. The van der Waals surface area contributed by atoms with Crippen LogP contribution >= 0.6 is 0 Å². The molecule has 0 aliphatic carbocycles. The minimum Gasteiger partial charge on any atom is -0.385 e. The van der Waals surface area contributed by atoms with Crippen LogP contribution in [-0.4, -0.2) is 57.2 Å². The Hall–Kier alpha value is -0.720. The Morgan fingerprint density at radius 3 is 3.00 bits per heavy atom. The van der Waals surface area contributed by atoms with Gasteiger partial charge in [-0.15, -0.1) is 0 Å². The van der Waals surface area contributed by atoms with Gasteiger partial charge in [0.05, 0.1) is 6.20 Å². The van der Waals surface area contributed by atoms with Crippen molar-refractivity contribution in [2.75, 3.05) is 38.3 Å². The van der Waals surface area contributed by atoms with Gasteiger partial charge in [-0.25, -0.2) is 0 Å². The first-order valence-electron chi connectivity index (χ1n) is 7.85. The second-order valence-electron chi connectivity index (χ2n) is 5.55. The third kappa shape index (κ3) is 4.90. The average Bonchev–Trinajstić information content (AvgIpc) is 2.97. The van der Waals surface area contributed by atoms with Gasteiger partial charge in [0.1, 0.15) is 0 Å². The molecular formula is C15H27N3O2S. The molecule has 21 heavy (non-hydrogen) atoms. The Kier molecular flexibility index (Phi) is 6.86. The lowest BCUT2D eigenvalue weighted by molar-refractivity contribution is 0.183. The quantitative estimate of drug-likeness (QED) is 0.687. The Morgan fingerprint density at radius 2 is 2.29 bits per heavy atom. The normalized spacial score (nSPS) is 23.5. The van der Waals surface area contributed by atoms with E-state index in [1.54, 1.807) is 7.11 Å². The van der Waals surface area contributed by atoms with E-state index < -0.39 is 10.8 Å². The van der Waals surface area contributed by atoms with Gasteiger partial charge in [0.25, 0.3) is 0 Å². The third-order valence-electron chi connectivity index (χ3n) is 4.05. The van der Waals surface area contributed by atoms with Crippen molar-refractivity contribution < 1.29 is 8.95 Å². The zero-order valence-corrected chi connectivity index (χ0v) is 14.0. The van der Waals surface area contributed by atoms with Crippen LogP contribution in [-0.2, 0) is 22.1 Å². The van der Waals surface area contributed by atoms with Gasteiger partial charge in [0.2, 0.25) is 0 Å². The van der Waals surface area contributed by atoms with Gasteiger partial charge in [-0.3, -0.25) is 13.8 Å². The van der Waals surface area contributed by atoms with Crippen LogP contribution in [0.4, 0.5) is 0 Å². The van der Waals surface area contributed by atoms with Crippen LogP contribution < -0.4 is 0 Å². The first-order valence-corrected chi connectivity index (χ1v) is 9.33. The van der Waals surface area contributed by atoms with Crippen molar-refractivity contribution in [1.29, 1.82) is 0 Å². The van der Waals surface area contributed by atoms with Crippen molar-refractivity contribution >= 4 is 10.8 Å². The Bertz CT molecular complexity index is 450. The number of hydrogen-bond acceptors (Lipinski definition) is 4. The highest BCUT2D eigenvalue weighted by molar-refractivity contribution is 7.85. The number of methoxy groups -OCH3 is 1. The van der Waals surface area contributed by atoms with E-state index in [9.17, 15) is 4.21 Å². The Morgan fingerprint density at radius 1 is 1.43 bits per heavy atom. The van der Waals surface area contributed by atoms with Gasteiger partial charge in [-0.1, -0.05) is 0 Å². The van der Waals surface area contributed by atoms with Crippen molar-refractivity contribution in [2.45, 2.75) is 38.8 Å². The number of nitrogens with zero attached hydrogens (tertiary/aromatic N) is 3. The monoisotopic (exact) mass is 313 g/mol. The lowest BCUT2D eigenvalue weighted by Crippen LogP contribution is -2.41. The maximum absolute atomic E-state index is 11.9.